The van der Waals surface area contributed by atoms with E-state index in [1.807, 2.05) is 48.5 Å². The highest BCUT2D eigenvalue weighted by molar-refractivity contribution is 8.09. The number of halogens is 1. The Labute approximate surface area is 750 Å². The van der Waals surface area contributed by atoms with Crippen LogP contribution in [0.5, 0.6) is 11.5 Å². The van der Waals surface area contributed by atoms with Crippen LogP contribution in [0.25, 0.3) is 0 Å². The van der Waals surface area contributed by atoms with Gasteiger partial charge in [-0.05, 0) is 422 Å². The van der Waals surface area contributed by atoms with Gasteiger partial charge in [-0.1, -0.05) is 164 Å². The Kier molecular flexibility index (Phi) is 25.4. The summed E-state index contributed by atoms with van der Waals surface area (Å²) in [5.41, 5.74) is 9.23. The molecule has 122 heavy (non-hydrogen) atoms. The summed E-state index contributed by atoms with van der Waals surface area (Å²) in [6.07, 6.45) is 46.6. The van der Waals surface area contributed by atoms with Gasteiger partial charge < -0.3 is 52.7 Å². The molecule has 15 heteroatoms. The number of rotatable bonds is 4. The summed E-state index contributed by atoms with van der Waals surface area (Å²) in [6, 6.07) is 18.8. The normalized spacial score (nSPS) is 50.0. The number of para-hydroxylation sites is 2. The zero-order chi connectivity index (χ0) is 86.6. The van der Waals surface area contributed by atoms with E-state index in [0.717, 1.165) is 80.5 Å². The molecule has 16 unspecified atom stereocenters. The van der Waals surface area contributed by atoms with E-state index in [0.29, 0.717) is 117 Å². The predicted molar refractivity (Wildman–Crippen MR) is 492 cm³/mol. The van der Waals surface area contributed by atoms with Crippen LogP contribution in [0.3, 0.4) is 0 Å². The minimum atomic E-state index is -0.566. The Hall–Kier alpha value is -2.96. The van der Waals surface area contributed by atoms with Crippen molar-refractivity contribution >= 4 is 45.5 Å². The molecule has 0 aromatic heterocycles. The Morgan fingerprint density at radius 2 is 0.721 bits per heavy atom. The fourth-order valence-electron chi connectivity index (χ4n) is 34.6. The van der Waals surface area contributed by atoms with Crippen molar-refractivity contribution < 1.29 is 57.5 Å². The second-order valence-electron chi connectivity index (χ2n) is 46.4. The topological polar surface area (TPSA) is 152 Å². The lowest BCUT2D eigenvalue weighted by molar-refractivity contribution is -0.209. The first kappa shape index (κ1) is 91.0. The molecule has 16 saturated carbocycles. The Morgan fingerprint density at radius 3 is 1.13 bits per heavy atom. The SMILES string of the molecule is C/C=C1/CCC2C3C(CC[C@]12C)[C@@]1(C)CCCCC1[C@@H](O)[C@@H]3O.C/C=C1/CCC2C3C(CC[C@]12C)[C@@]1(C)CCCCC1[C@H]1OC(C)(C)O[C@H]31.C/C=C1/CCC2C3C(CC[C@]12C)[C@@]1(C)CC[C@H](C(=O)SOc2ccccc2)CC1[C@H]1OC(C)(C)O[C@H]31.C/C=C1/CCC2C3C(CC[C@]12C)[C@@]1(C)CC[C@H](O)CC1[C@H]1OC(C)(C)O[C@H]31.S=C(Cl)Oc1ccccc1. The molecule has 3 N–H and O–H groups in total. The van der Waals surface area contributed by atoms with Crippen molar-refractivity contribution in [3.8, 4) is 11.5 Å². The molecule has 19 fully saturated rings. The average molecular weight is 1740 g/mol. The summed E-state index contributed by atoms with van der Waals surface area (Å²) in [5.74, 6) is 9.42. The summed E-state index contributed by atoms with van der Waals surface area (Å²) in [5, 5.41) is 32.6. The maximum absolute atomic E-state index is 13.3. The number of hydrogen-bond acceptors (Lipinski definition) is 14. The number of hydrogen-bond donors (Lipinski definition) is 3. The number of ether oxygens (including phenoxy) is 7. The lowest BCUT2D eigenvalue weighted by Gasteiger charge is -2.63. The molecule has 16 aliphatic carbocycles. The number of allylic oxidation sites excluding steroid dienone is 8. The van der Waals surface area contributed by atoms with Crippen molar-refractivity contribution in [3.63, 3.8) is 0 Å². The number of fused-ring (bicyclic) bond motifs is 29. The molecule has 12 nitrogen and oxygen atoms in total. The van der Waals surface area contributed by atoms with Crippen molar-refractivity contribution in [1.29, 1.82) is 0 Å². The van der Waals surface area contributed by atoms with Crippen LogP contribution in [0.15, 0.2) is 107 Å². The first-order valence-corrected chi connectivity index (χ1v) is 51.0. The fraction of sp³-hybridized carbons (Fsp3) is 0.794. The summed E-state index contributed by atoms with van der Waals surface area (Å²) >= 11 is 10.9. The van der Waals surface area contributed by atoms with E-state index in [4.69, 9.17) is 48.9 Å². The van der Waals surface area contributed by atoms with Gasteiger partial charge in [-0.3, -0.25) is 4.79 Å². The minimum Gasteiger partial charge on any atom is -0.436 e. The van der Waals surface area contributed by atoms with Gasteiger partial charge in [-0.15, -0.1) is 0 Å². The van der Waals surface area contributed by atoms with Crippen LogP contribution in [-0.2, 0) is 33.2 Å². The standard InChI is InChI=1S/C31H42O4S.C24H38O3.C24H38O2.C21H34O2.C7H5ClOS/c1-6-20-12-13-22-25-23(15-17-30(20,22)4)31(5)16-14-19(28(32)36-35-21-10-8-7-9-11-21)18-24(31)26-27(25)34-29(2,3)33-26;1-6-14-7-8-16-19-17(10-12-23(14,16)4)24(5)11-9-15(25)13-18(24)20-21(19)27-22(2,3)26-20;1-6-15-10-11-16-19-17(12-14-23(15,16)4)24(5)13-8-7-9-18(24)20-21(19)26-22(2,3)25-20;1-4-13-8-9-14-17-15(10-12-20(13,14)2)21(3)11-6-5-7-16(21)18(22)19(17)23;8-7(10)9-6-4-2-1-3-5-6/h6-11,19,22-27H,12-18H2,1-5H3;6,15-21,25H,7-13H2,1-5H3;6,16-21H,7-14H2,1-5H3;4,14-19,22-23H,5-12H2,1-3H3;1-5H/b20-6-;14-6-;15-6-;13-4-;/t19-,22?,23?,24?,25?,26+,27+,30+,31+;15-,16?,17?,18?,19?,20+,21+,23+,24+;16?,17?,18?,19?,20-,21-,23-,24-;14?,15?,16?,17?,18-,19-,20-,21-;/m0011./s1. The van der Waals surface area contributed by atoms with Crippen LogP contribution in [0.2, 0.25) is 0 Å². The highest BCUT2D eigenvalue weighted by Crippen LogP contribution is 2.75. The van der Waals surface area contributed by atoms with Crippen LogP contribution in [0.4, 0.5) is 0 Å². The maximum Gasteiger partial charge on any atom is 0.260 e. The quantitative estimate of drug-likeness (QED) is 0.115. The molecule has 0 amide bonds. The molecule has 3 heterocycles. The lowest BCUT2D eigenvalue weighted by Crippen LogP contribution is -2.63. The first-order valence-electron chi connectivity index (χ1n) is 49.5. The molecule has 3 aliphatic heterocycles. The van der Waals surface area contributed by atoms with E-state index in [2.05, 4.69) is 161 Å². The van der Waals surface area contributed by atoms with E-state index in [-0.39, 0.29) is 67.7 Å². The second-order valence-corrected chi connectivity index (χ2v) is 48.0. The zero-order valence-electron chi connectivity index (χ0n) is 78.0. The molecule has 3 saturated heterocycles. The molecular formula is C107H157ClO12S2. The molecular weight excluding hydrogens is 1580 g/mol. The van der Waals surface area contributed by atoms with Crippen LogP contribution in [0, 0.1) is 144 Å². The third kappa shape index (κ3) is 15.4. The maximum atomic E-state index is 13.3. The number of benzene rings is 2. The number of carbonyl (C=O) groups is 1. The van der Waals surface area contributed by atoms with Gasteiger partial charge in [0.1, 0.15) is 23.5 Å². The third-order valence-electron chi connectivity index (χ3n) is 40.2. The molecule has 21 rings (SSSR count). The third-order valence-corrected chi connectivity index (χ3v) is 41.1. The molecule has 0 spiro atoms. The number of aliphatic hydroxyl groups excluding tert-OH is 3. The van der Waals surface area contributed by atoms with Crippen molar-refractivity contribution in [3.05, 3.63) is 107 Å². The molecule has 676 valence electrons. The van der Waals surface area contributed by atoms with Gasteiger partial charge in [0.25, 0.3) is 4.51 Å². The Morgan fingerprint density at radius 1 is 0.377 bits per heavy atom. The molecule has 0 bridgehead atoms. The monoisotopic (exact) mass is 1730 g/mol. The van der Waals surface area contributed by atoms with Crippen molar-refractivity contribution in [2.75, 3.05) is 0 Å². The molecule has 19 aliphatic rings. The summed E-state index contributed by atoms with van der Waals surface area (Å²) in [6.45, 7) is 41.7. The average Bonchev–Trinajstić information content (AvgIpc) is 1.50. The van der Waals surface area contributed by atoms with Crippen LogP contribution in [0.1, 0.15) is 317 Å². The Bertz CT molecular complexity index is 4230. The molecule has 0 radical (unpaired) electrons. The van der Waals surface area contributed by atoms with E-state index < -0.39 is 29.6 Å². The summed E-state index contributed by atoms with van der Waals surface area (Å²) in [7, 11) is 0. The predicted octanol–water partition coefficient (Wildman–Crippen LogP) is 25.7. The van der Waals surface area contributed by atoms with Crippen molar-refractivity contribution in [1.82, 2.24) is 0 Å². The van der Waals surface area contributed by atoms with Crippen molar-refractivity contribution in [2.24, 2.45) is 144 Å². The smallest absolute Gasteiger partial charge is 0.260 e. The van der Waals surface area contributed by atoms with Gasteiger partial charge in [-0.25, -0.2) is 0 Å². The Balaban J connectivity index is 0.000000113. The van der Waals surface area contributed by atoms with Crippen molar-refractivity contribution in [2.45, 2.75) is 390 Å². The van der Waals surface area contributed by atoms with Gasteiger partial charge in [0, 0.05) is 5.92 Å². The fourth-order valence-corrected chi connectivity index (χ4v) is 35.4. The van der Waals surface area contributed by atoms with Gasteiger partial charge in [0.15, 0.2) is 17.4 Å². The van der Waals surface area contributed by atoms with E-state index in [1.165, 1.54) is 148 Å². The van der Waals surface area contributed by atoms with E-state index >= 15 is 0 Å². The van der Waals surface area contributed by atoms with Crippen LogP contribution >= 0.6 is 35.9 Å². The highest BCUT2D eigenvalue weighted by Gasteiger charge is 2.73. The van der Waals surface area contributed by atoms with E-state index in [1.54, 1.807) is 34.4 Å². The van der Waals surface area contributed by atoms with Gasteiger partial charge >= 0.3 is 0 Å². The number of thiocarbonyl (C=S) groups is 1. The summed E-state index contributed by atoms with van der Waals surface area (Å²) < 4.78 is 50.8. The van der Waals surface area contributed by atoms with Crippen LogP contribution < -0.4 is 8.92 Å². The molecule has 2 aromatic rings. The van der Waals surface area contributed by atoms with E-state index in [9.17, 15) is 20.1 Å². The second kappa shape index (κ2) is 34.0. The molecule has 34 atom stereocenters. The zero-order valence-corrected chi connectivity index (χ0v) is 80.4. The largest absolute Gasteiger partial charge is 0.436 e. The van der Waals surface area contributed by atoms with Gasteiger partial charge in [0.05, 0.1) is 54.9 Å². The minimum absolute atomic E-state index is 0.0104. The van der Waals surface area contributed by atoms with Gasteiger partial charge in [-0.2, -0.15) is 0 Å². The van der Waals surface area contributed by atoms with Crippen LogP contribution in [-0.4, -0.2) is 97.2 Å². The van der Waals surface area contributed by atoms with Gasteiger partial charge in [0.2, 0.25) is 5.12 Å². The lowest BCUT2D eigenvalue weighted by atomic mass is 9.43. The first-order chi connectivity index (χ1) is 57.9. The number of carbonyl (C=O) groups excluding carboxylic acids is 1. The summed E-state index contributed by atoms with van der Waals surface area (Å²) in [4.78, 5) is 13.3. The molecule has 2 aromatic carbocycles. The number of aliphatic hydroxyl groups is 3. The highest BCUT2D eigenvalue weighted by atomic mass is 35.5.